The average Bonchev–Trinajstić information content (AvgIpc) is 3.40. The van der Waals surface area contributed by atoms with Crippen LogP contribution < -0.4 is 5.56 Å². The predicted octanol–water partition coefficient (Wildman–Crippen LogP) is 4.52. The van der Waals surface area contributed by atoms with Gasteiger partial charge in [0.15, 0.2) is 11.0 Å². The van der Waals surface area contributed by atoms with Gasteiger partial charge in [0, 0.05) is 6.42 Å². The molecular formula is C24H24N6O2S. The normalized spacial score (nSPS) is 11.8. The first kappa shape index (κ1) is 21.4. The number of aryl methyl sites for hydroxylation is 2. The quantitative estimate of drug-likeness (QED) is 0.344. The summed E-state index contributed by atoms with van der Waals surface area (Å²) in [6.45, 7) is 8.23. The number of fused-ring (bicyclic) bond motifs is 3. The van der Waals surface area contributed by atoms with E-state index in [4.69, 9.17) is 4.52 Å². The summed E-state index contributed by atoms with van der Waals surface area (Å²) >= 11 is 1.45. The molecule has 5 rings (SSSR count). The number of rotatable bonds is 6. The fraction of sp³-hybridized carbons (Fsp3) is 0.292. The van der Waals surface area contributed by atoms with Crippen LogP contribution >= 0.6 is 11.8 Å². The maximum absolute atomic E-state index is 13.6. The molecule has 0 N–H and O–H groups in total. The molecule has 9 heteroatoms. The number of benzene rings is 2. The van der Waals surface area contributed by atoms with Gasteiger partial charge in [-0.3, -0.25) is 9.20 Å². The molecule has 0 aliphatic heterocycles. The predicted molar refractivity (Wildman–Crippen MR) is 128 cm³/mol. The van der Waals surface area contributed by atoms with Gasteiger partial charge in [-0.15, -0.1) is 10.2 Å². The molecule has 3 aromatic heterocycles. The molecule has 0 amide bonds. The van der Waals surface area contributed by atoms with Gasteiger partial charge in [0.05, 0.1) is 22.3 Å². The third-order valence-electron chi connectivity index (χ3n) is 5.48. The lowest BCUT2D eigenvalue weighted by Gasteiger charge is -2.15. The molecular weight excluding hydrogens is 436 g/mol. The minimum Gasteiger partial charge on any atom is -0.338 e. The lowest BCUT2D eigenvalue weighted by molar-refractivity contribution is 0.382. The van der Waals surface area contributed by atoms with Crippen LogP contribution in [0.5, 0.6) is 0 Å². The van der Waals surface area contributed by atoms with E-state index in [9.17, 15) is 4.79 Å². The summed E-state index contributed by atoms with van der Waals surface area (Å²) in [5.74, 6) is 2.64. The fourth-order valence-electron chi connectivity index (χ4n) is 4.06. The van der Waals surface area contributed by atoms with Crippen molar-refractivity contribution in [3.05, 3.63) is 75.7 Å². The van der Waals surface area contributed by atoms with Gasteiger partial charge < -0.3 is 4.52 Å². The molecule has 0 aliphatic carbocycles. The van der Waals surface area contributed by atoms with Crippen LogP contribution in [0.1, 0.15) is 36.7 Å². The first-order valence-corrected chi connectivity index (χ1v) is 11.8. The van der Waals surface area contributed by atoms with Crippen molar-refractivity contribution in [2.75, 3.05) is 0 Å². The van der Waals surface area contributed by atoms with Crippen molar-refractivity contribution < 1.29 is 4.52 Å². The number of para-hydroxylation sites is 2. The average molecular weight is 461 g/mol. The Balaban J connectivity index is 1.65. The molecule has 8 nitrogen and oxygen atoms in total. The summed E-state index contributed by atoms with van der Waals surface area (Å²) in [5.41, 5.74) is 3.47. The van der Waals surface area contributed by atoms with Crippen LogP contribution in [0.15, 0.2) is 56.9 Å². The second kappa shape index (κ2) is 8.47. The minimum atomic E-state index is -0.116. The SMILES string of the molecule is Cc1cccc(C)c1-n1c(=O)c2ccccc2n2c(SCc3nc(CC(C)C)no3)nnc12. The zero-order valence-corrected chi connectivity index (χ0v) is 19.8. The molecule has 0 bridgehead atoms. The van der Waals surface area contributed by atoms with Crippen molar-refractivity contribution in [3.8, 4) is 5.69 Å². The lowest BCUT2D eigenvalue weighted by Crippen LogP contribution is -2.23. The Bertz CT molecular complexity index is 1510. The first-order chi connectivity index (χ1) is 15.9. The first-order valence-electron chi connectivity index (χ1n) is 10.8. The van der Waals surface area contributed by atoms with E-state index < -0.39 is 0 Å². The van der Waals surface area contributed by atoms with E-state index in [-0.39, 0.29) is 5.56 Å². The molecule has 0 atom stereocenters. The highest BCUT2D eigenvalue weighted by Gasteiger charge is 2.20. The second-order valence-corrected chi connectivity index (χ2v) is 9.45. The molecule has 0 fully saturated rings. The Labute approximate surface area is 194 Å². The highest BCUT2D eigenvalue weighted by molar-refractivity contribution is 7.98. The number of hydrogen-bond acceptors (Lipinski definition) is 7. The van der Waals surface area contributed by atoms with Crippen molar-refractivity contribution in [2.45, 2.75) is 45.0 Å². The van der Waals surface area contributed by atoms with E-state index in [1.807, 2.05) is 60.7 Å². The van der Waals surface area contributed by atoms with Gasteiger partial charge in [0.2, 0.25) is 11.7 Å². The molecule has 0 unspecified atom stereocenters. The van der Waals surface area contributed by atoms with Crippen LogP contribution in [-0.4, -0.2) is 29.3 Å². The molecule has 5 aromatic rings. The van der Waals surface area contributed by atoms with E-state index >= 15 is 0 Å². The fourth-order valence-corrected chi connectivity index (χ4v) is 4.83. The van der Waals surface area contributed by atoms with Gasteiger partial charge >= 0.3 is 0 Å². The lowest BCUT2D eigenvalue weighted by atomic mass is 10.1. The zero-order chi connectivity index (χ0) is 23.1. The van der Waals surface area contributed by atoms with E-state index in [1.165, 1.54) is 11.8 Å². The summed E-state index contributed by atoms with van der Waals surface area (Å²) in [4.78, 5) is 18.1. The van der Waals surface area contributed by atoms with E-state index in [2.05, 4.69) is 34.2 Å². The van der Waals surface area contributed by atoms with E-state index in [0.717, 1.165) is 28.8 Å². The van der Waals surface area contributed by atoms with Gasteiger partial charge in [-0.2, -0.15) is 4.98 Å². The number of thioether (sulfide) groups is 1. The largest absolute Gasteiger partial charge is 0.338 e. The maximum atomic E-state index is 13.6. The standard InChI is InChI=1S/C24H24N6O2S/c1-14(2)12-19-25-20(32-28-19)13-33-24-27-26-23-29(24)18-11-6-5-10-17(18)22(31)30(23)21-15(3)8-7-9-16(21)4/h5-11,14H,12-13H2,1-4H3. The third-order valence-corrected chi connectivity index (χ3v) is 6.40. The van der Waals surface area contributed by atoms with Crippen LogP contribution in [0, 0.1) is 19.8 Å². The number of nitrogens with zero attached hydrogens (tertiary/aromatic N) is 6. The van der Waals surface area contributed by atoms with Gasteiger partial charge in [-0.05, 0) is 43.0 Å². The van der Waals surface area contributed by atoms with Crippen molar-refractivity contribution in [1.82, 2.24) is 29.3 Å². The van der Waals surface area contributed by atoms with Crippen LogP contribution in [0.3, 0.4) is 0 Å². The van der Waals surface area contributed by atoms with E-state index in [1.54, 1.807) is 4.57 Å². The summed E-state index contributed by atoms with van der Waals surface area (Å²) in [7, 11) is 0. The molecule has 2 aromatic carbocycles. The minimum absolute atomic E-state index is 0.116. The molecule has 168 valence electrons. The monoisotopic (exact) mass is 460 g/mol. The molecule has 0 saturated carbocycles. The molecule has 3 heterocycles. The Hall–Kier alpha value is -3.46. The summed E-state index contributed by atoms with van der Waals surface area (Å²) < 4.78 is 9.01. The molecule has 0 saturated heterocycles. The smallest absolute Gasteiger partial charge is 0.267 e. The van der Waals surface area contributed by atoms with Crippen molar-refractivity contribution in [1.29, 1.82) is 0 Å². The second-order valence-electron chi connectivity index (χ2n) is 8.51. The Morgan fingerprint density at radius 2 is 1.79 bits per heavy atom. The van der Waals surface area contributed by atoms with Crippen LogP contribution in [-0.2, 0) is 12.2 Å². The highest BCUT2D eigenvalue weighted by Crippen LogP contribution is 2.27. The molecule has 0 spiro atoms. The number of hydrogen-bond donors (Lipinski definition) is 0. The Morgan fingerprint density at radius 1 is 1.03 bits per heavy atom. The Kier molecular flexibility index (Phi) is 5.49. The molecule has 0 radical (unpaired) electrons. The van der Waals surface area contributed by atoms with Crippen molar-refractivity contribution >= 4 is 28.4 Å². The van der Waals surface area contributed by atoms with Crippen molar-refractivity contribution in [3.63, 3.8) is 0 Å². The molecule has 0 aliphatic rings. The van der Waals surface area contributed by atoms with Gasteiger partial charge in [0.25, 0.3) is 5.56 Å². The summed E-state index contributed by atoms with van der Waals surface area (Å²) in [5, 5.41) is 14.2. The highest BCUT2D eigenvalue weighted by atomic mass is 32.2. The van der Waals surface area contributed by atoms with Crippen molar-refractivity contribution in [2.24, 2.45) is 5.92 Å². The molecule has 33 heavy (non-hydrogen) atoms. The summed E-state index contributed by atoms with van der Waals surface area (Å²) in [6, 6.07) is 13.5. The summed E-state index contributed by atoms with van der Waals surface area (Å²) in [6.07, 6.45) is 0.773. The van der Waals surface area contributed by atoms with Gasteiger partial charge in [-0.25, -0.2) is 4.57 Å². The van der Waals surface area contributed by atoms with Crippen LogP contribution in [0.25, 0.3) is 22.4 Å². The van der Waals surface area contributed by atoms with Crippen LogP contribution in [0.4, 0.5) is 0 Å². The maximum Gasteiger partial charge on any atom is 0.267 e. The number of aromatic nitrogens is 6. The van der Waals surface area contributed by atoms with Crippen LogP contribution in [0.2, 0.25) is 0 Å². The Morgan fingerprint density at radius 3 is 2.55 bits per heavy atom. The topological polar surface area (TPSA) is 91.1 Å². The third kappa shape index (κ3) is 3.82. The van der Waals surface area contributed by atoms with E-state index in [0.29, 0.717) is 39.7 Å². The zero-order valence-electron chi connectivity index (χ0n) is 18.9. The van der Waals surface area contributed by atoms with Gasteiger partial charge in [-0.1, -0.05) is 61.1 Å². The van der Waals surface area contributed by atoms with Gasteiger partial charge in [0.1, 0.15) is 0 Å².